The Kier molecular flexibility index (Phi) is 3.46. The summed E-state index contributed by atoms with van der Waals surface area (Å²) in [5.74, 6) is 0. The SMILES string of the molecule is CC(C)ON([C]=O)c1ccccc1. The van der Waals surface area contributed by atoms with Crippen molar-refractivity contribution in [2.75, 3.05) is 5.06 Å². The predicted octanol–water partition coefficient (Wildman–Crippen LogP) is 1.90. The van der Waals surface area contributed by atoms with Crippen LogP contribution in [-0.4, -0.2) is 12.5 Å². The van der Waals surface area contributed by atoms with Crippen molar-refractivity contribution < 1.29 is 9.63 Å². The summed E-state index contributed by atoms with van der Waals surface area (Å²) in [5, 5.41) is 1.10. The van der Waals surface area contributed by atoms with Gasteiger partial charge < -0.3 is 0 Å². The van der Waals surface area contributed by atoms with E-state index in [2.05, 4.69) is 0 Å². The van der Waals surface area contributed by atoms with Crippen LogP contribution in [0.1, 0.15) is 13.8 Å². The molecule has 1 amide bonds. The number of hydrogen-bond acceptors (Lipinski definition) is 2. The predicted molar refractivity (Wildman–Crippen MR) is 50.8 cm³/mol. The summed E-state index contributed by atoms with van der Waals surface area (Å²) in [7, 11) is 0. The van der Waals surface area contributed by atoms with Gasteiger partial charge in [-0.2, -0.15) is 5.06 Å². The van der Waals surface area contributed by atoms with Gasteiger partial charge in [0.1, 0.15) is 0 Å². The summed E-state index contributed by atoms with van der Waals surface area (Å²) < 4.78 is 0. The molecule has 1 aromatic carbocycles. The summed E-state index contributed by atoms with van der Waals surface area (Å²) in [6.45, 7) is 3.71. The average molecular weight is 178 g/mol. The molecule has 69 valence electrons. The first-order chi connectivity index (χ1) is 6.24. The lowest BCUT2D eigenvalue weighted by Gasteiger charge is -2.17. The molecule has 0 unspecified atom stereocenters. The molecule has 0 spiro atoms. The highest BCUT2D eigenvalue weighted by molar-refractivity contribution is 5.72. The number of para-hydroxylation sites is 1. The van der Waals surface area contributed by atoms with Crippen LogP contribution in [0.5, 0.6) is 0 Å². The van der Waals surface area contributed by atoms with Crippen LogP contribution in [0.3, 0.4) is 0 Å². The van der Waals surface area contributed by atoms with Gasteiger partial charge in [0, 0.05) is 0 Å². The molecule has 0 aliphatic rings. The van der Waals surface area contributed by atoms with Crippen molar-refractivity contribution in [1.29, 1.82) is 0 Å². The summed E-state index contributed by atoms with van der Waals surface area (Å²) in [4.78, 5) is 15.7. The second-order valence-corrected chi connectivity index (χ2v) is 2.88. The number of carbonyl (C=O) groups excluding carboxylic acids is 1. The molecular formula is C10H12NO2. The number of benzene rings is 1. The topological polar surface area (TPSA) is 29.5 Å². The standard InChI is InChI=1S/C10H12NO2/c1-9(2)13-11(8-12)10-6-4-3-5-7-10/h3-7,9H,1-2H3. The first-order valence-electron chi connectivity index (χ1n) is 4.13. The van der Waals surface area contributed by atoms with E-state index in [0.717, 1.165) is 5.06 Å². The highest BCUT2D eigenvalue weighted by Crippen LogP contribution is 2.12. The number of amides is 1. The Morgan fingerprint density at radius 3 is 2.38 bits per heavy atom. The van der Waals surface area contributed by atoms with Crippen molar-refractivity contribution in [2.24, 2.45) is 0 Å². The summed E-state index contributed by atoms with van der Waals surface area (Å²) in [5.41, 5.74) is 0.686. The number of hydrogen-bond donors (Lipinski definition) is 0. The minimum absolute atomic E-state index is 0.0401. The van der Waals surface area contributed by atoms with Crippen LogP contribution < -0.4 is 5.06 Å². The van der Waals surface area contributed by atoms with E-state index in [0.29, 0.717) is 5.69 Å². The normalized spacial score (nSPS) is 10.1. The second-order valence-electron chi connectivity index (χ2n) is 2.88. The van der Waals surface area contributed by atoms with Crippen LogP contribution in [0.2, 0.25) is 0 Å². The van der Waals surface area contributed by atoms with Gasteiger partial charge in [0.2, 0.25) is 0 Å². The third kappa shape index (κ3) is 2.87. The average Bonchev–Trinajstić information content (AvgIpc) is 2.15. The Morgan fingerprint density at radius 1 is 1.31 bits per heavy atom. The van der Waals surface area contributed by atoms with Gasteiger partial charge in [-0.3, -0.25) is 9.63 Å². The zero-order chi connectivity index (χ0) is 9.68. The minimum atomic E-state index is -0.0401. The Hall–Kier alpha value is -1.35. The van der Waals surface area contributed by atoms with Crippen molar-refractivity contribution in [1.82, 2.24) is 0 Å². The van der Waals surface area contributed by atoms with Crippen molar-refractivity contribution >= 4 is 12.1 Å². The van der Waals surface area contributed by atoms with Crippen molar-refractivity contribution in [3.63, 3.8) is 0 Å². The minimum Gasteiger partial charge on any atom is -0.263 e. The zero-order valence-corrected chi connectivity index (χ0v) is 7.73. The fourth-order valence-corrected chi connectivity index (χ4v) is 0.909. The highest BCUT2D eigenvalue weighted by atomic mass is 16.7. The number of rotatable bonds is 4. The van der Waals surface area contributed by atoms with Gasteiger partial charge in [-0.15, -0.1) is 0 Å². The quantitative estimate of drug-likeness (QED) is 0.520. The fraction of sp³-hybridized carbons (Fsp3) is 0.300. The maximum atomic E-state index is 10.5. The molecule has 0 aliphatic carbocycles. The number of anilines is 1. The van der Waals surface area contributed by atoms with E-state index in [1.807, 2.05) is 32.0 Å². The third-order valence-corrected chi connectivity index (χ3v) is 1.39. The summed E-state index contributed by atoms with van der Waals surface area (Å²) in [6.07, 6.45) is 1.67. The van der Waals surface area contributed by atoms with E-state index < -0.39 is 0 Å². The van der Waals surface area contributed by atoms with E-state index in [4.69, 9.17) is 4.84 Å². The van der Waals surface area contributed by atoms with Crippen molar-refractivity contribution in [3.8, 4) is 0 Å². The second kappa shape index (κ2) is 4.62. The Morgan fingerprint density at radius 2 is 1.92 bits per heavy atom. The first kappa shape index (κ1) is 9.74. The van der Waals surface area contributed by atoms with Crippen molar-refractivity contribution in [2.45, 2.75) is 20.0 Å². The smallest absolute Gasteiger partial charge is 0.263 e. The molecule has 0 aliphatic heterocycles. The van der Waals surface area contributed by atoms with E-state index in [-0.39, 0.29) is 6.10 Å². The lowest BCUT2D eigenvalue weighted by Crippen LogP contribution is -2.25. The molecule has 1 rings (SSSR count). The molecule has 0 fully saturated rings. The van der Waals surface area contributed by atoms with Gasteiger partial charge in [0.15, 0.2) is 0 Å². The molecule has 3 nitrogen and oxygen atoms in total. The molecule has 0 heterocycles. The molecule has 1 aromatic rings. The third-order valence-electron chi connectivity index (χ3n) is 1.39. The molecule has 0 saturated heterocycles. The van der Waals surface area contributed by atoms with Crippen LogP contribution in [0.15, 0.2) is 30.3 Å². The van der Waals surface area contributed by atoms with E-state index in [9.17, 15) is 4.79 Å². The fourth-order valence-electron chi connectivity index (χ4n) is 0.909. The lowest BCUT2D eigenvalue weighted by atomic mass is 10.3. The van der Waals surface area contributed by atoms with E-state index >= 15 is 0 Å². The Labute approximate surface area is 77.9 Å². The van der Waals surface area contributed by atoms with Crippen LogP contribution in [-0.2, 0) is 9.63 Å². The Bertz CT molecular complexity index is 259. The highest BCUT2D eigenvalue weighted by Gasteiger charge is 2.07. The lowest BCUT2D eigenvalue weighted by molar-refractivity contribution is 0.0841. The van der Waals surface area contributed by atoms with Gasteiger partial charge in [-0.1, -0.05) is 18.2 Å². The first-order valence-corrected chi connectivity index (χ1v) is 4.13. The molecule has 13 heavy (non-hydrogen) atoms. The Balaban J connectivity index is 2.73. The van der Waals surface area contributed by atoms with Gasteiger partial charge in [-0.25, -0.2) is 0 Å². The molecule has 0 saturated carbocycles. The maximum Gasteiger partial charge on any atom is 0.342 e. The molecule has 0 aromatic heterocycles. The van der Waals surface area contributed by atoms with Crippen LogP contribution in [0.25, 0.3) is 0 Å². The molecule has 0 N–H and O–H groups in total. The molecule has 0 bridgehead atoms. The molecular weight excluding hydrogens is 166 g/mol. The number of hydroxylamine groups is 1. The van der Waals surface area contributed by atoms with Crippen LogP contribution >= 0.6 is 0 Å². The van der Waals surface area contributed by atoms with Gasteiger partial charge in [0.25, 0.3) is 0 Å². The van der Waals surface area contributed by atoms with E-state index in [1.165, 1.54) is 0 Å². The summed E-state index contributed by atoms with van der Waals surface area (Å²) >= 11 is 0. The summed E-state index contributed by atoms with van der Waals surface area (Å²) in [6, 6.07) is 9.12. The van der Waals surface area contributed by atoms with Gasteiger partial charge >= 0.3 is 6.41 Å². The zero-order valence-electron chi connectivity index (χ0n) is 7.73. The van der Waals surface area contributed by atoms with Crippen LogP contribution in [0.4, 0.5) is 5.69 Å². The monoisotopic (exact) mass is 178 g/mol. The van der Waals surface area contributed by atoms with Crippen molar-refractivity contribution in [3.05, 3.63) is 30.3 Å². The molecule has 0 atom stereocenters. The molecule has 3 heteroatoms. The van der Waals surface area contributed by atoms with E-state index in [1.54, 1.807) is 18.5 Å². The van der Waals surface area contributed by atoms with Gasteiger partial charge in [0.05, 0.1) is 11.8 Å². The largest absolute Gasteiger partial charge is 0.342 e. The van der Waals surface area contributed by atoms with Gasteiger partial charge in [-0.05, 0) is 26.0 Å². The maximum absolute atomic E-state index is 10.5. The van der Waals surface area contributed by atoms with Crippen LogP contribution in [0, 0.1) is 0 Å². The molecule has 1 radical (unpaired) electrons. The number of nitrogens with zero attached hydrogens (tertiary/aromatic N) is 1.